The fourth-order valence-corrected chi connectivity index (χ4v) is 4.60. The van der Waals surface area contributed by atoms with E-state index in [0.29, 0.717) is 24.7 Å². The highest BCUT2D eigenvalue weighted by Crippen LogP contribution is 2.45. The Labute approximate surface area is 182 Å². The van der Waals surface area contributed by atoms with Crippen LogP contribution in [0, 0.1) is 0 Å². The summed E-state index contributed by atoms with van der Waals surface area (Å²) in [5.74, 6) is 1.98. The van der Waals surface area contributed by atoms with Crippen molar-refractivity contribution in [2.75, 3.05) is 13.1 Å². The number of aliphatic hydroxyl groups excluding tert-OH is 1. The number of hydrogen-bond acceptors (Lipinski definition) is 7. The second-order valence-electron chi connectivity index (χ2n) is 8.01. The van der Waals surface area contributed by atoms with E-state index in [0.717, 1.165) is 47.3 Å². The normalized spacial score (nSPS) is 20.7. The molecule has 8 heteroatoms. The van der Waals surface area contributed by atoms with Gasteiger partial charge >= 0.3 is 0 Å². The molecule has 0 radical (unpaired) electrons. The standard InChI is InChI=1S/C22H22BrN3O4/c23-15-3-6-17-18(28)12-22(30-19(17)11-15)7-9-26(10-8-22)13-20-24-25-21(29-20)14-1-4-16(27)5-2-14/h1-6,11,18,27-28H,7-10,12-13H2. The molecular formula is C22H22BrN3O4. The van der Waals surface area contributed by atoms with Gasteiger partial charge in [-0.3, -0.25) is 4.90 Å². The Hall–Kier alpha value is -2.42. The van der Waals surface area contributed by atoms with Gasteiger partial charge in [0.1, 0.15) is 17.1 Å². The van der Waals surface area contributed by atoms with Crippen LogP contribution < -0.4 is 4.74 Å². The molecule has 7 nitrogen and oxygen atoms in total. The highest BCUT2D eigenvalue weighted by molar-refractivity contribution is 9.10. The number of likely N-dealkylation sites (tertiary alicyclic amines) is 1. The average Bonchev–Trinajstić information content (AvgIpc) is 3.18. The van der Waals surface area contributed by atoms with Crippen LogP contribution in [0.4, 0.5) is 0 Å². The van der Waals surface area contributed by atoms with Crippen LogP contribution in [0.5, 0.6) is 11.5 Å². The van der Waals surface area contributed by atoms with E-state index in [9.17, 15) is 10.2 Å². The third-order valence-electron chi connectivity index (χ3n) is 5.93. The molecule has 30 heavy (non-hydrogen) atoms. The van der Waals surface area contributed by atoms with Crippen molar-refractivity contribution in [3.63, 3.8) is 0 Å². The molecule has 2 N–H and O–H groups in total. The molecule has 0 saturated carbocycles. The number of aromatic nitrogens is 2. The van der Waals surface area contributed by atoms with E-state index in [1.165, 1.54) is 0 Å². The molecule has 156 valence electrons. The van der Waals surface area contributed by atoms with Gasteiger partial charge in [0.15, 0.2) is 0 Å². The van der Waals surface area contributed by atoms with Crippen molar-refractivity contribution in [2.24, 2.45) is 0 Å². The number of phenolic OH excluding ortho intramolecular Hbond substituents is 1. The summed E-state index contributed by atoms with van der Waals surface area (Å²) in [4.78, 5) is 2.27. The minimum Gasteiger partial charge on any atom is -0.508 e. The van der Waals surface area contributed by atoms with E-state index in [4.69, 9.17) is 9.15 Å². The number of fused-ring (bicyclic) bond motifs is 1. The quantitative estimate of drug-likeness (QED) is 0.594. The van der Waals surface area contributed by atoms with Crippen molar-refractivity contribution in [3.8, 4) is 23.0 Å². The Bertz CT molecular complexity index is 1040. The van der Waals surface area contributed by atoms with E-state index in [2.05, 4.69) is 31.0 Å². The van der Waals surface area contributed by atoms with Crippen molar-refractivity contribution < 1.29 is 19.4 Å². The van der Waals surface area contributed by atoms with Gasteiger partial charge in [0, 0.05) is 35.1 Å². The number of nitrogens with zero attached hydrogens (tertiary/aromatic N) is 3. The first kappa shape index (κ1) is 19.5. The smallest absolute Gasteiger partial charge is 0.247 e. The zero-order valence-electron chi connectivity index (χ0n) is 16.3. The molecule has 5 rings (SSSR count). The first-order valence-corrected chi connectivity index (χ1v) is 10.8. The van der Waals surface area contributed by atoms with Gasteiger partial charge in [0.2, 0.25) is 11.8 Å². The Kier molecular flexibility index (Phi) is 5.00. The summed E-state index contributed by atoms with van der Waals surface area (Å²) in [6.07, 6.45) is 1.77. The molecule has 1 aromatic heterocycles. The average molecular weight is 472 g/mol. The van der Waals surface area contributed by atoms with Crippen molar-refractivity contribution in [2.45, 2.75) is 37.5 Å². The molecule has 1 saturated heterocycles. The van der Waals surface area contributed by atoms with E-state index >= 15 is 0 Å². The van der Waals surface area contributed by atoms with Crippen molar-refractivity contribution in [1.82, 2.24) is 15.1 Å². The van der Waals surface area contributed by atoms with E-state index in [-0.39, 0.29) is 11.4 Å². The van der Waals surface area contributed by atoms with Gasteiger partial charge in [-0.15, -0.1) is 10.2 Å². The zero-order valence-corrected chi connectivity index (χ0v) is 17.9. The Morgan fingerprint density at radius 1 is 1.10 bits per heavy atom. The monoisotopic (exact) mass is 471 g/mol. The number of hydrogen-bond donors (Lipinski definition) is 2. The lowest BCUT2D eigenvalue weighted by Crippen LogP contribution is -2.50. The molecule has 0 bridgehead atoms. The fraction of sp³-hybridized carbons (Fsp3) is 0.364. The van der Waals surface area contributed by atoms with Crippen LogP contribution in [-0.2, 0) is 6.54 Å². The number of phenols is 1. The molecule has 3 heterocycles. The molecule has 1 unspecified atom stereocenters. The molecule has 1 fully saturated rings. The Balaban J connectivity index is 1.23. The number of benzene rings is 2. The van der Waals surface area contributed by atoms with Crippen LogP contribution >= 0.6 is 15.9 Å². The van der Waals surface area contributed by atoms with Gasteiger partial charge in [0.25, 0.3) is 0 Å². The summed E-state index contributed by atoms with van der Waals surface area (Å²) in [7, 11) is 0. The first-order valence-electron chi connectivity index (χ1n) is 10.0. The summed E-state index contributed by atoms with van der Waals surface area (Å²) in [5.41, 5.74) is 1.30. The molecule has 3 aromatic rings. The lowest BCUT2D eigenvalue weighted by Gasteiger charge is -2.45. The third-order valence-corrected chi connectivity index (χ3v) is 6.43. The molecule has 0 amide bonds. The summed E-state index contributed by atoms with van der Waals surface area (Å²) in [6.45, 7) is 2.23. The topological polar surface area (TPSA) is 91.9 Å². The number of aromatic hydroxyl groups is 1. The molecule has 1 atom stereocenters. The highest BCUT2D eigenvalue weighted by Gasteiger charge is 2.43. The predicted molar refractivity (Wildman–Crippen MR) is 113 cm³/mol. The van der Waals surface area contributed by atoms with Crippen molar-refractivity contribution in [3.05, 3.63) is 58.4 Å². The fourth-order valence-electron chi connectivity index (χ4n) is 4.26. The van der Waals surface area contributed by atoms with Crippen LogP contribution in [0.2, 0.25) is 0 Å². The molecule has 0 aliphatic carbocycles. The van der Waals surface area contributed by atoms with Gasteiger partial charge in [-0.1, -0.05) is 22.0 Å². The molecule has 1 spiro atoms. The summed E-state index contributed by atoms with van der Waals surface area (Å²) in [6, 6.07) is 12.5. The molecular weight excluding hydrogens is 450 g/mol. The van der Waals surface area contributed by atoms with Crippen LogP contribution in [0.25, 0.3) is 11.5 Å². The number of piperidine rings is 1. The summed E-state index contributed by atoms with van der Waals surface area (Å²) < 4.78 is 13.1. The maximum Gasteiger partial charge on any atom is 0.247 e. The van der Waals surface area contributed by atoms with Gasteiger partial charge in [-0.2, -0.15) is 0 Å². The van der Waals surface area contributed by atoms with Crippen LogP contribution in [0.1, 0.15) is 36.8 Å². The predicted octanol–water partition coefficient (Wildman–Crippen LogP) is 4.06. The van der Waals surface area contributed by atoms with Crippen molar-refractivity contribution >= 4 is 15.9 Å². The maximum absolute atomic E-state index is 10.6. The number of rotatable bonds is 3. The Morgan fingerprint density at radius 3 is 2.63 bits per heavy atom. The summed E-state index contributed by atoms with van der Waals surface area (Å²) >= 11 is 3.49. The largest absolute Gasteiger partial charge is 0.508 e. The number of halogens is 1. The molecule has 2 aromatic carbocycles. The van der Waals surface area contributed by atoms with E-state index in [1.807, 2.05) is 18.2 Å². The van der Waals surface area contributed by atoms with Crippen LogP contribution in [0.15, 0.2) is 51.4 Å². The minimum absolute atomic E-state index is 0.200. The molecule has 2 aliphatic heterocycles. The number of aliphatic hydroxyl groups is 1. The van der Waals surface area contributed by atoms with Gasteiger partial charge in [-0.25, -0.2) is 0 Å². The van der Waals surface area contributed by atoms with Crippen molar-refractivity contribution in [1.29, 1.82) is 0 Å². The lowest BCUT2D eigenvalue weighted by atomic mass is 9.81. The van der Waals surface area contributed by atoms with Gasteiger partial charge < -0.3 is 19.4 Å². The van der Waals surface area contributed by atoms with Crippen LogP contribution in [0.3, 0.4) is 0 Å². The second-order valence-corrected chi connectivity index (χ2v) is 8.93. The van der Waals surface area contributed by atoms with Gasteiger partial charge in [0.05, 0.1) is 12.6 Å². The SMILES string of the molecule is Oc1ccc(-c2nnc(CN3CCC4(CC3)CC(O)c3ccc(Br)cc3O4)o2)cc1. The highest BCUT2D eigenvalue weighted by atomic mass is 79.9. The minimum atomic E-state index is -0.503. The Morgan fingerprint density at radius 2 is 1.87 bits per heavy atom. The lowest BCUT2D eigenvalue weighted by molar-refractivity contribution is -0.0560. The van der Waals surface area contributed by atoms with Crippen LogP contribution in [-0.4, -0.2) is 44.0 Å². The first-order chi connectivity index (χ1) is 14.5. The molecule has 2 aliphatic rings. The maximum atomic E-state index is 10.6. The van der Waals surface area contributed by atoms with E-state index < -0.39 is 6.10 Å². The zero-order chi connectivity index (χ0) is 20.7. The summed E-state index contributed by atoms with van der Waals surface area (Å²) in [5, 5.41) is 28.3. The third kappa shape index (κ3) is 3.82. The van der Waals surface area contributed by atoms with E-state index in [1.54, 1.807) is 24.3 Å². The van der Waals surface area contributed by atoms with Gasteiger partial charge in [-0.05, 0) is 49.2 Å². The number of ether oxygens (including phenoxy) is 1. The second kappa shape index (κ2) is 7.68.